The minimum Gasteiger partial charge on any atom is -0.453 e. The number of aromatic nitrogens is 2. The van der Waals surface area contributed by atoms with Gasteiger partial charge in [-0.15, -0.1) is 0 Å². The zero-order chi connectivity index (χ0) is 13.9. The molecule has 0 fully saturated rings. The van der Waals surface area contributed by atoms with Crippen LogP contribution >= 0.6 is 11.6 Å². The predicted molar refractivity (Wildman–Crippen MR) is 75.5 cm³/mol. The van der Waals surface area contributed by atoms with Crippen molar-refractivity contribution >= 4 is 11.6 Å². The Morgan fingerprint density at radius 1 is 1.05 bits per heavy atom. The van der Waals surface area contributed by atoms with Crippen LogP contribution in [0.1, 0.15) is 0 Å². The average Bonchev–Trinajstić information content (AvgIpc) is 2.90. The zero-order valence-corrected chi connectivity index (χ0v) is 11.1. The molecule has 0 aliphatic carbocycles. The highest BCUT2D eigenvalue weighted by atomic mass is 35.5. The number of nitrogens with one attached hydrogen (secondary N) is 1. The molecule has 0 atom stereocenters. The van der Waals surface area contributed by atoms with Crippen LogP contribution < -0.4 is 4.74 Å². The molecule has 5 heteroatoms. The fraction of sp³-hybridized carbons (Fsp3) is 0. The lowest BCUT2D eigenvalue weighted by molar-refractivity contribution is 0.484. The monoisotopic (exact) mass is 288 g/mol. The van der Waals surface area contributed by atoms with Gasteiger partial charge < -0.3 is 4.74 Å². The van der Waals surface area contributed by atoms with Crippen molar-refractivity contribution in [2.45, 2.75) is 0 Å². The number of nitrogens with zero attached hydrogens (tertiary/aromatic N) is 1. The summed E-state index contributed by atoms with van der Waals surface area (Å²) in [6, 6.07) is 13.4. The summed E-state index contributed by atoms with van der Waals surface area (Å²) in [5, 5.41) is 7.29. The van der Waals surface area contributed by atoms with Gasteiger partial charge in [0.1, 0.15) is 17.3 Å². The summed E-state index contributed by atoms with van der Waals surface area (Å²) in [4.78, 5) is 0. The molecule has 100 valence electrons. The van der Waals surface area contributed by atoms with Crippen LogP contribution in [-0.4, -0.2) is 10.2 Å². The topological polar surface area (TPSA) is 37.9 Å². The molecule has 0 aliphatic rings. The van der Waals surface area contributed by atoms with E-state index in [4.69, 9.17) is 16.3 Å². The third kappa shape index (κ3) is 2.51. The third-order valence-corrected chi connectivity index (χ3v) is 3.04. The van der Waals surface area contributed by atoms with Crippen LogP contribution in [0, 0.1) is 5.82 Å². The summed E-state index contributed by atoms with van der Waals surface area (Å²) in [5.74, 6) is 0.725. The number of ether oxygens (including phenoxy) is 1. The quantitative estimate of drug-likeness (QED) is 0.761. The largest absolute Gasteiger partial charge is 0.453 e. The van der Waals surface area contributed by atoms with E-state index < -0.39 is 0 Å². The van der Waals surface area contributed by atoms with E-state index in [9.17, 15) is 4.39 Å². The highest BCUT2D eigenvalue weighted by molar-refractivity contribution is 6.30. The molecule has 0 spiro atoms. The highest BCUT2D eigenvalue weighted by Gasteiger charge is 2.13. The standard InChI is InChI=1S/C15H10ClFN2O/c16-10-5-7-11(8-6-10)20-14-9-18-19-15(14)12-3-1-2-4-13(12)17/h1-9H,(H,18,19). The molecule has 0 saturated carbocycles. The van der Waals surface area contributed by atoms with Crippen molar-refractivity contribution in [3.8, 4) is 22.8 Å². The molecule has 0 unspecified atom stereocenters. The second kappa shape index (κ2) is 5.35. The molecule has 0 radical (unpaired) electrons. The molecule has 1 heterocycles. The van der Waals surface area contributed by atoms with Crippen molar-refractivity contribution in [3.05, 3.63) is 65.6 Å². The summed E-state index contributed by atoms with van der Waals surface area (Å²) in [7, 11) is 0. The molecule has 20 heavy (non-hydrogen) atoms. The van der Waals surface area contributed by atoms with Gasteiger partial charge in [-0.2, -0.15) is 5.10 Å². The number of hydrogen-bond acceptors (Lipinski definition) is 2. The van der Waals surface area contributed by atoms with E-state index in [0.717, 1.165) is 0 Å². The molecule has 0 amide bonds. The van der Waals surface area contributed by atoms with Crippen molar-refractivity contribution in [3.63, 3.8) is 0 Å². The number of halogens is 2. The van der Waals surface area contributed by atoms with E-state index in [1.807, 2.05) is 0 Å². The molecule has 0 saturated heterocycles. The highest BCUT2D eigenvalue weighted by Crippen LogP contribution is 2.32. The first-order valence-electron chi connectivity index (χ1n) is 5.96. The average molecular weight is 289 g/mol. The molecular formula is C15H10ClFN2O. The molecular weight excluding hydrogens is 279 g/mol. The first kappa shape index (κ1) is 12.7. The van der Waals surface area contributed by atoms with Gasteiger partial charge in [0, 0.05) is 10.6 Å². The van der Waals surface area contributed by atoms with Gasteiger partial charge in [0.05, 0.1) is 6.20 Å². The summed E-state index contributed by atoms with van der Waals surface area (Å²) in [6.45, 7) is 0. The minimum atomic E-state index is -0.335. The van der Waals surface area contributed by atoms with Crippen LogP contribution in [0.25, 0.3) is 11.3 Å². The van der Waals surface area contributed by atoms with Crippen LogP contribution in [0.2, 0.25) is 5.02 Å². The van der Waals surface area contributed by atoms with Gasteiger partial charge in [-0.1, -0.05) is 23.7 Å². The van der Waals surface area contributed by atoms with E-state index in [0.29, 0.717) is 27.8 Å². The first-order chi connectivity index (χ1) is 9.74. The van der Waals surface area contributed by atoms with Crippen molar-refractivity contribution in [2.24, 2.45) is 0 Å². The maximum absolute atomic E-state index is 13.8. The number of H-pyrrole nitrogens is 1. The summed E-state index contributed by atoms with van der Waals surface area (Å²) in [6.07, 6.45) is 1.51. The third-order valence-electron chi connectivity index (χ3n) is 2.79. The summed E-state index contributed by atoms with van der Waals surface area (Å²) >= 11 is 5.82. The number of hydrogen-bond donors (Lipinski definition) is 1. The summed E-state index contributed by atoms with van der Waals surface area (Å²) in [5.41, 5.74) is 0.909. The molecule has 3 rings (SSSR count). The van der Waals surface area contributed by atoms with Gasteiger partial charge in [-0.3, -0.25) is 5.10 Å². The number of benzene rings is 2. The molecule has 3 nitrogen and oxygen atoms in total. The number of aromatic amines is 1. The van der Waals surface area contributed by atoms with E-state index in [1.165, 1.54) is 12.3 Å². The summed E-state index contributed by atoms with van der Waals surface area (Å²) < 4.78 is 19.5. The van der Waals surface area contributed by atoms with E-state index in [2.05, 4.69) is 10.2 Å². The molecule has 1 aromatic heterocycles. The molecule has 2 aromatic carbocycles. The SMILES string of the molecule is Fc1ccccc1-c1[nH]ncc1Oc1ccc(Cl)cc1. The van der Waals surface area contributed by atoms with Gasteiger partial charge in [0.15, 0.2) is 5.75 Å². The second-order valence-electron chi connectivity index (χ2n) is 4.15. The zero-order valence-electron chi connectivity index (χ0n) is 10.3. The van der Waals surface area contributed by atoms with Crippen LogP contribution in [0.15, 0.2) is 54.7 Å². The fourth-order valence-corrected chi connectivity index (χ4v) is 1.96. The Hall–Kier alpha value is -2.33. The molecule has 0 aliphatic heterocycles. The van der Waals surface area contributed by atoms with E-state index in [1.54, 1.807) is 42.5 Å². The fourth-order valence-electron chi connectivity index (χ4n) is 1.84. The Labute approximate surface area is 120 Å². The first-order valence-corrected chi connectivity index (χ1v) is 6.33. The maximum atomic E-state index is 13.8. The van der Waals surface area contributed by atoms with Gasteiger partial charge in [-0.05, 0) is 36.4 Å². The van der Waals surface area contributed by atoms with Crippen molar-refractivity contribution in [1.29, 1.82) is 0 Å². The lowest BCUT2D eigenvalue weighted by atomic mass is 10.1. The van der Waals surface area contributed by atoms with Crippen LogP contribution in [0.4, 0.5) is 4.39 Å². The Bertz CT molecular complexity index is 725. The molecule has 1 N–H and O–H groups in total. The Kier molecular flexibility index (Phi) is 3.39. The lowest BCUT2D eigenvalue weighted by Gasteiger charge is -2.07. The van der Waals surface area contributed by atoms with E-state index in [-0.39, 0.29) is 5.82 Å². The normalized spacial score (nSPS) is 10.5. The van der Waals surface area contributed by atoms with Gasteiger partial charge in [-0.25, -0.2) is 4.39 Å². The van der Waals surface area contributed by atoms with Crippen molar-refractivity contribution in [2.75, 3.05) is 0 Å². The molecule has 0 bridgehead atoms. The minimum absolute atomic E-state index is 0.335. The van der Waals surface area contributed by atoms with E-state index >= 15 is 0 Å². The van der Waals surface area contributed by atoms with Gasteiger partial charge in [0.25, 0.3) is 0 Å². The maximum Gasteiger partial charge on any atom is 0.173 e. The van der Waals surface area contributed by atoms with Crippen LogP contribution in [0.5, 0.6) is 11.5 Å². The number of rotatable bonds is 3. The van der Waals surface area contributed by atoms with Gasteiger partial charge >= 0.3 is 0 Å². The van der Waals surface area contributed by atoms with Crippen molar-refractivity contribution < 1.29 is 9.13 Å². The second-order valence-corrected chi connectivity index (χ2v) is 4.58. The Morgan fingerprint density at radius 2 is 1.80 bits per heavy atom. The Balaban J connectivity index is 1.95. The smallest absolute Gasteiger partial charge is 0.173 e. The molecule has 3 aromatic rings. The van der Waals surface area contributed by atoms with Crippen molar-refractivity contribution in [1.82, 2.24) is 10.2 Å². The predicted octanol–water partition coefficient (Wildman–Crippen LogP) is 4.66. The lowest BCUT2D eigenvalue weighted by Crippen LogP contribution is -1.88. The Morgan fingerprint density at radius 3 is 2.55 bits per heavy atom. The van der Waals surface area contributed by atoms with Gasteiger partial charge in [0.2, 0.25) is 0 Å². The van der Waals surface area contributed by atoms with Crippen LogP contribution in [0.3, 0.4) is 0 Å². The van der Waals surface area contributed by atoms with Crippen LogP contribution in [-0.2, 0) is 0 Å².